The lowest BCUT2D eigenvalue weighted by Crippen LogP contribution is -2.25. The van der Waals surface area contributed by atoms with E-state index in [0.29, 0.717) is 28.1 Å². The molecule has 0 radical (unpaired) electrons. The normalized spacial score (nSPS) is 16.1. The molecular formula is C25H25N5O6. The number of nitrogens with zero attached hydrogens (tertiary/aromatic N) is 4. The number of methoxy groups -OCH3 is 2. The third kappa shape index (κ3) is 4.60. The number of hydrogen-bond acceptors (Lipinski definition) is 8. The molecule has 1 amide bonds. The molecule has 186 valence electrons. The van der Waals surface area contributed by atoms with E-state index in [1.165, 1.54) is 31.0 Å². The van der Waals surface area contributed by atoms with Gasteiger partial charge in [-0.15, -0.1) is 5.10 Å². The summed E-state index contributed by atoms with van der Waals surface area (Å²) >= 11 is 0. The van der Waals surface area contributed by atoms with Crippen LogP contribution in [0.4, 0.5) is 5.95 Å². The number of rotatable bonds is 2. The van der Waals surface area contributed by atoms with E-state index in [1.54, 1.807) is 34.9 Å². The average Bonchev–Trinajstić information content (AvgIpc) is 3.20. The van der Waals surface area contributed by atoms with Crippen LogP contribution < -0.4 is 25.1 Å². The van der Waals surface area contributed by atoms with E-state index in [2.05, 4.69) is 15.4 Å². The highest BCUT2D eigenvalue weighted by Gasteiger charge is 2.20. The summed E-state index contributed by atoms with van der Waals surface area (Å²) in [6.45, 7) is 0.475. The third-order valence-electron chi connectivity index (χ3n) is 5.94. The summed E-state index contributed by atoms with van der Waals surface area (Å²) in [5.41, 5.74) is 2.04. The molecule has 1 atom stereocenters. The Hall–Kier alpha value is -4.38. The molecule has 0 saturated carbocycles. The second kappa shape index (κ2) is 9.70. The van der Waals surface area contributed by atoms with Gasteiger partial charge in [-0.1, -0.05) is 12.1 Å². The molecule has 4 bridgehead atoms. The molecule has 4 aromatic rings. The van der Waals surface area contributed by atoms with Gasteiger partial charge in [-0.3, -0.25) is 14.9 Å². The summed E-state index contributed by atoms with van der Waals surface area (Å²) in [4.78, 5) is 30.1. The van der Waals surface area contributed by atoms with Gasteiger partial charge in [0.25, 0.3) is 11.5 Å². The summed E-state index contributed by atoms with van der Waals surface area (Å²) < 4.78 is 19.5. The molecule has 0 saturated heterocycles. The molecule has 2 aromatic heterocycles. The first-order valence-corrected chi connectivity index (χ1v) is 11.4. The minimum Gasteiger partial charge on any atom is -0.493 e. The van der Waals surface area contributed by atoms with Gasteiger partial charge in [0, 0.05) is 36.2 Å². The number of aliphatic hydroxyl groups is 1. The van der Waals surface area contributed by atoms with Crippen LogP contribution in [0.15, 0.2) is 53.3 Å². The molecule has 0 fully saturated rings. The third-order valence-corrected chi connectivity index (χ3v) is 5.94. The first-order valence-electron chi connectivity index (χ1n) is 11.4. The van der Waals surface area contributed by atoms with Gasteiger partial charge < -0.3 is 23.9 Å². The van der Waals surface area contributed by atoms with Crippen molar-refractivity contribution in [2.24, 2.45) is 0 Å². The van der Waals surface area contributed by atoms with Crippen LogP contribution in [-0.2, 0) is 13.1 Å². The quantitative estimate of drug-likeness (QED) is 0.436. The first-order chi connectivity index (χ1) is 17.4. The van der Waals surface area contributed by atoms with Crippen molar-refractivity contribution in [1.29, 1.82) is 0 Å². The average molecular weight is 492 g/mol. The highest BCUT2D eigenvalue weighted by Crippen LogP contribution is 2.34. The number of fused-ring (bicyclic) bond motifs is 7. The molecule has 36 heavy (non-hydrogen) atoms. The number of carbonyl (C=O) groups is 1. The molecule has 11 nitrogen and oxygen atoms in total. The first kappa shape index (κ1) is 23.4. The largest absolute Gasteiger partial charge is 0.493 e. The highest BCUT2D eigenvalue weighted by atomic mass is 16.5. The Labute approximate surface area is 205 Å². The summed E-state index contributed by atoms with van der Waals surface area (Å²) in [7, 11) is 3.07. The van der Waals surface area contributed by atoms with Crippen LogP contribution in [0.2, 0.25) is 0 Å². The van der Waals surface area contributed by atoms with Gasteiger partial charge in [-0.2, -0.15) is 0 Å². The van der Waals surface area contributed by atoms with Gasteiger partial charge in [0.15, 0.2) is 11.5 Å². The minimum absolute atomic E-state index is 0.137. The van der Waals surface area contributed by atoms with Crippen LogP contribution in [0.25, 0.3) is 11.0 Å². The van der Waals surface area contributed by atoms with Gasteiger partial charge in [0.05, 0.1) is 51.1 Å². The van der Waals surface area contributed by atoms with Gasteiger partial charge in [-0.05, 0) is 17.7 Å². The van der Waals surface area contributed by atoms with Crippen LogP contribution in [0.3, 0.4) is 0 Å². The SMILES string of the molecule is COc1cc2nc3n(c2cc1OC)CC(O)CCOc1ccc(=O)n(n1)Cc1cccc(c1)C(=O)N3. The van der Waals surface area contributed by atoms with E-state index in [9.17, 15) is 14.7 Å². The van der Waals surface area contributed by atoms with Gasteiger partial charge in [0.1, 0.15) is 0 Å². The van der Waals surface area contributed by atoms with Gasteiger partial charge >= 0.3 is 0 Å². The molecule has 1 aliphatic heterocycles. The molecule has 2 N–H and O–H groups in total. The van der Waals surface area contributed by atoms with E-state index >= 15 is 0 Å². The van der Waals surface area contributed by atoms with Crippen molar-refractivity contribution in [3.05, 3.63) is 70.0 Å². The molecule has 0 aliphatic carbocycles. The molecule has 1 aliphatic rings. The number of amides is 1. The fraction of sp³-hybridized carbons (Fsp3) is 0.280. The Morgan fingerprint density at radius 1 is 1.08 bits per heavy atom. The van der Waals surface area contributed by atoms with Gasteiger partial charge in [0.2, 0.25) is 11.8 Å². The van der Waals surface area contributed by atoms with Crippen molar-refractivity contribution in [2.45, 2.75) is 25.6 Å². The molecule has 0 spiro atoms. The number of aromatic nitrogens is 4. The summed E-state index contributed by atoms with van der Waals surface area (Å²) in [6.07, 6.45) is -0.548. The summed E-state index contributed by atoms with van der Waals surface area (Å²) in [6, 6.07) is 13.3. The predicted molar refractivity (Wildman–Crippen MR) is 131 cm³/mol. The lowest BCUT2D eigenvalue weighted by Gasteiger charge is -2.16. The van der Waals surface area contributed by atoms with Crippen LogP contribution >= 0.6 is 0 Å². The number of hydrogen-bond donors (Lipinski definition) is 2. The Morgan fingerprint density at radius 2 is 1.89 bits per heavy atom. The predicted octanol–water partition coefficient (Wildman–Crippen LogP) is 2.05. The van der Waals surface area contributed by atoms with E-state index < -0.39 is 6.10 Å². The Kier molecular flexibility index (Phi) is 6.30. The summed E-state index contributed by atoms with van der Waals surface area (Å²) in [5, 5.41) is 17.9. The number of carbonyl (C=O) groups excluding carboxylic acids is 1. The van der Waals surface area contributed by atoms with Gasteiger partial charge in [-0.25, -0.2) is 9.67 Å². The number of nitrogens with one attached hydrogen (secondary N) is 1. The zero-order valence-electron chi connectivity index (χ0n) is 19.8. The van der Waals surface area contributed by atoms with Crippen LogP contribution in [0, 0.1) is 0 Å². The Bertz CT molecular complexity index is 1490. The monoisotopic (exact) mass is 491 g/mol. The van der Waals surface area contributed by atoms with Crippen molar-refractivity contribution in [1.82, 2.24) is 19.3 Å². The fourth-order valence-electron chi connectivity index (χ4n) is 4.11. The number of anilines is 1. The lowest BCUT2D eigenvalue weighted by molar-refractivity contribution is 0.102. The molecule has 3 heterocycles. The van der Waals surface area contributed by atoms with Crippen molar-refractivity contribution in [3.8, 4) is 17.4 Å². The van der Waals surface area contributed by atoms with E-state index in [-0.39, 0.29) is 49.4 Å². The Balaban J connectivity index is 1.59. The number of benzene rings is 2. The van der Waals surface area contributed by atoms with Crippen molar-refractivity contribution >= 4 is 22.9 Å². The molecule has 2 aromatic carbocycles. The zero-order chi connectivity index (χ0) is 25.2. The molecule has 5 rings (SSSR count). The maximum absolute atomic E-state index is 13.2. The summed E-state index contributed by atoms with van der Waals surface area (Å²) in [5.74, 6) is 1.15. The van der Waals surface area contributed by atoms with Crippen molar-refractivity contribution in [3.63, 3.8) is 0 Å². The maximum Gasteiger partial charge on any atom is 0.267 e. The van der Waals surface area contributed by atoms with E-state index in [0.717, 1.165) is 5.56 Å². The van der Waals surface area contributed by atoms with E-state index in [4.69, 9.17) is 14.2 Å². The molecule has 11 heteroatoms. The molecule has 1 unspecified atom stereocenters. The fourth-order valence-corrected chi connectivity index (χ4v) is 4.11. The number of aliphatic hydroxyl groups excluding tert-OH is 1. The maximum atomic E-state index is 13.2. The standard InChI is InChI=1S/C25H25N5O6/c1-34-20-11-18-19(12-21(20)35-2)29-14-17(31)8-9-36-22-6-7-23(32)30(28-22)13-15-4-3-5-16(10-15)24(33)27-25(29)26-18/h3-7,10-12,17,31H,8-9,13-14H2,1-2H3,(H,26,27,33). The van der Waals surface area contributed by atoms with Crippen LogP contribution in [0.5, 0.6) is 17.4 Å². The number of ether oxygens (including phenoxy) is 3. The number of imidazole rings is 1. The van der Waals surface area contributed by atoms with E-state index in [1.807, 2.05) is 6.07 Å². The zero-order valence-corrected chi connectivity index (χ0v) is 19.8. The van der Waals surface area contributed by atoms with Crippen molar-refractivity contribution < 1.29 is 24.1 Å². The molecular weight excluding hydrogens is 466 g/mol. The van der Waals surface area contributed by atoms with Crippen LogP contribution in [-0.4, -0.2) is 57.3 Å². The lowest BCUT2D eigenvalue weighted by atomic mass is 10.1. The smallest absolute Gasteiger partial charge is 0.267 e. The Morgan fingerprint density at radius 3 is 2.69 bits per heavy atom. The minimum atomic E-state index is -0.826. The topological polar surface area (TPSA) is 130 Å². The second-order valence-electron chi connectivity index (χ2n) is 8.35. The second-order valence-corrected chi connectivity index (χ2v) is 8.35. The van der Waals surface area contributed by atoms with Crippen LogP contribution in [0.1, 0.15) is 22.3 Å². The van der Waals surface area contributed by atoms with Crippen molar-refractivity contribution in [2.75, 3.05) is 26.1 Å². The highest BCUT2D eigenvalue weighted by molar-refractivity contribution is 6.04.